The molecule has 2 aromatic heterocycles. The van der Waals surface area contributed by atoms with E-state index in [4.69, 9.17) is 5.73 Å². The molecule has 2 amide bonds. The van der Waals surface area contributed by atoms with E-state index in [9.17, 15) is 9.59 Å². The third kappa shape index (κ3) is 2.57. The van der Waals surface area contributed by atoms with E-state index < -0.39 is 5.91 Å². The van der Waals surface area contributed by atoms with Gasteiger partial charge < -0.3 is 11.1 Å². The molecule has 0 radical (unpaired) electrons. The summed E-state index contributed by atoms with van der Waals surface area (Å²) < 4.78 is 1.48. The predicted octanol–water partition coefficient (Wildman–Crippen LogP) is 0.364. The zero-order valence-corrected chi connectivity index (χ0v) is 10.5. The maximum atomic E-state index is 11.8. The van der Waals surface area contributed by atoms with Gasteiger partial charge in [0.15, 0.2) is 0 Å². The molecule has 7 heteroatoms. The highest BCUT2D eigenvalue weighted by Crippen LogP contribution is 2.23. The Labute approximate surface area is 107 Å². The third-order valence-corrected chi connectivity index (χ3v) is 3.20. The number of carbonyl (C=O) groups is 2. The number of nitrogens with one attached hydrogen (secondary N) is 1. The Morgan fingerprint density at radius 3 is 2.94 bits per heavy atom. The van der Waals surface area contributed by atoms with Crippen molar-refractivity contribution in [2.24, 2.45) is 12.8 Å². The quantitative estimate of drug-likeness (QED) is 0.835. The van der Waals surface area contributed by atoms with E-state index in [0.717, 1.165) is 10.6 Å². The fourth-order valence-electron chi connectivity index (χ4n) is 1.48. The Hall–Kier alpha value is -2.15. The number of primary amides is 1. The summed E-state index contributed by atoms with van der Waals surface area (Å²) in [6.07, 6.45) is 0. The molecule has 0 unspecified atom stereocenters. The van der Waals surface area contributed by atoms with Gasteiger partial charge in [0.2, 0.25) is 5.91 Å². The van der Waals surface area contributed by atoms with Gasteiger partial charge in [-0.2, -0.15) is 5.10 Å². The lowest BCUT2D eigenvalue weighted by atomic mass is 10.3. The van der Waals surface area contributed by atoms with Crippen molar-refractivity contribution in [1.29, 1.82) is 0 Å². The van der Waals surface area contributed by atoms with E-state index in [1.807, 2.05) is 17.5 Å². The second kappa shape index (κ2) is 5.01. The maximum absolute atomic E-state index is 11.8. The highest BCUT2D eigenvalue weighted by atomic mass is 32.1. The van der Waals surface area contributed by atoms with Crippen LogP contribution in [0.2, 0.25) is 0 Å². The van der Waals surface area contributed by atoms with Gasteiger partial charge in [0, 0.05) is 7.05 Å². The molecule has 0 fully saturated rings. The second-order valence-corrected chi connectivity index (χ2v) is 4.61. The van der Waals surface area contributed by atoms with E-state index in [2.05, 4.69) is 10.4 Å². The van der Waals surface area contributed by atoms with Crippen molar-refractivity contribution in [3.8, 4) is 10.6 Å². The number of nitrogens with zero attached hydrogens (tertiary/aromatic N) is 2. The van der Waals surface area contributed by atoms with Crippen molar-refractivity contribution < 1.29 is 9.59 Å². The molecule has 0 saturated heterocycles. The molecule has 0 atom stereocenters. The first kappa shape index (κ1) is 12.3. The summed E-state index contributed by atoms with van der Waals surface area (Å²) in [5, 5.41) is 8.62. The average Bonchev–Trinajstić information content (AvgIpc) is 2.94. The SMILES string of the molecule is Cn1nc(-c2cccs2)cc1C(=O)NCC(N)=O. The van der Waals surface area contributed by atoms with Crippen molar-refractivity contribution in [2.75, 3.05) is 6.54 Å². The Morgan fingerprint density at radius 1 is 1.56 bits per heavy atom. The van der Waals surface area contributed by atoms with Crippen LogP contribution < -0.4 is 11.1 Å². The van der Waals surface area contributed by atoms with Crippen LogP contribution in [0.5, 0.6) is 0 Å². The van der Waals surface area contributed by atoms with Crippen LogP contribution in [0.15, 0.2) is 23.6 Å². The predicted molar refractivity (Wildman–Crippen MR) is 68.0 cm³/mol. The zero-order chi connectivity index (χ0) is 13.1. The summed E-state index contributed by atoms with van der Waals surface area (Å²) in [6.45, 7) is -0.182. The third-order valence-electron chi connectivity index (χ3n) is 2.31. The van der Waals surface area contributed by atoms with Crippen LogP contribution in [-0.2, 0) is 11.8 Å². The fourth-order valence-corrected chi connectivity index (χ4v) is 2.16. The van der Waals surface area contributed by atoms with Gasteiger partial charge >= 0.3 is 0 Å². The Bertz CT molecular complexity index is 574. The molecule has 6 nitrogen and oxygen atoms in total. The first-order chi connectivity index (χ1) is 8.58. The van der Waals surface area contributed by atoms with Gasteiger partial charge in [0.05, 0.1) is 11.4 Å². The largest absolute Gasteiger partial charge is 0.368 e. The van der Waals surface area contributed by atoms with Gasteiger partial charge in [-0.15, -0.1) is 11.3 Å². The summed E-state index contributed by atoms with van der Waals surface area (Å²) >= 11 is 1.55. The first-order valence-corrected chi connectivity index (χ1v) is 6.10. The number of aromatic nitrogens is 2. The number of hydrogen-bond acceptors (Lipinski definition) is 4. The van der Waals surface area contributed by atoms with Crippen molar-refractivity contribution in [3.63, 3.8) is 0 Å². The molecule has 0 bridgehead atoms. The number of aryl methyl sites for hydroxylation is 1. The highest BCUT2D eigenvalue weighted by molar-refractivity contribution is 7.13. The molecule has 0 saturated carbocycles. The van der Waals surface area contributed by atoms with E-state index in [-0.39, 0.29) is 12.5 Å². The minimum Gasteiger partial charge on any atom is -0.368 e. The van der Waals surface area contributed by atoms with Crippen LogP contribution in [0.1, 0.15) is 10.5 Å². The molecule has 18 heavy (non-hydrogen) atoms. The number of amides is 2. The van der Waals surface area contributed by atoms with Crippen LogP contribution in [0.25, 0.3) is 10.6 Å². The van der Waals surface area contributed by atoms with Gasteiger partial charge in [-0.25, -0.2) is 0 Å². The van der Waals surface area contributed by atoms with Crippen molar-refractivity contribution in [2.45, 2.75) is 0 Å². The summed E-state index contributed by atoms with van der Waals surface area (Å²) in [5.74, 6) is -0.949. The molecular formula is C11H12N4O2S. The minimum atomic E-state index is -0.580. The molecule has 94 valence electrons. The number of carbonyl (C=O) groups excluding carboxylic acids is 2. The molecule has 2 rings (SSSR count). The standard InChI is InChI=1S/C11H12N4O2S/c1-15-8(11(17)13-6-10(12)16)5-7(14-15)9-3-2-4-18-9/h2-5H,6H2,1H3,(H2,12,16)(H,13,17). The molecule has 3 N–H and O–H groups in total. The van der Waals surface area contributed by atoms with Crippen LogP contribution in [0.4, 0.5) is 0 Å². The monoisotopic (exact) mass is 264 g/mol. The molecule has 2 aromatic rings. The van der Waals surface area contributed by atoms with Crippen LogP contribution in [-0.4, -0.2) is 28.1 Å². The number of thiophene rings is 1. The number of rotatable bonds is 4. The first-order valence-electron chi connectivity index (χ1n) is 5.22. The summed E-state index contributed by atoms with van der Waals surface area (Å²) in [6, 6.07) is 5.53. The highest BCUT2D eigenvalue weighted by Gasteiger charge is 2.14. The smallest absolute Gasteiger partial charge is 0.269 e. The van der Waals surface area contributed by atoms with E-state index in [1.165, 1.54) is 4.68 Å². The zero-order valence-electron chi connectivity index (χ0n) is 9.71. The average molecular weight is 264 g/mol. The molecular weight excluding hydrogens is 252 g/mol. The van der Waals surface area contributed by atoms with Gasteiger partial charge in [0.25, 0.3) is 5.91 Å². The van der Waals surface area contributed by atoms with Gasteiger partial charge in [-0.05, 0) is 17.5 Å². The molecule has 0 spiro atoms. The molecule has 0 aliphatic carbocycles. The van der Waals surface area contributed by atoms with E-state index in [0.29, 0.717) is 5.69 Å². The lowest BCUT2D eigenvalue weighted by Gasteiger charge is -2.01. The van der Waals surface area contributed by atoms with Gasteiger partial charge in [-0.3, -0.25) is 14.3 Å². The minimum absolute atomic E-state index is 0.182. The summed E-state index contributed by atoms with van der Waals surface area (Å²) in [5.41, 5.74) is 6.09. The van der Waals surface area contributed by atoms with Crippen molar-refractivity contribution in [1.82, 2.24) is 15.1 Å². The summed E-state index contributed by atoms with van der Waals surface area (Å²) in [4.78, 5) is 23.4. The van der Waals surface area contributed by atoms with Crippen molar-refractivity contribution >= 4 is 23.2 Å². The summed E-state index contributed by atoms with van der Waals surface area (Å²) in [7, 11) is 1.68. The topological polar surface area (TPSA) is 90.0 Å². The van der Waals surface area contributed by atoms with Crippen LogP contribution >= 0.6 is 11.3 Å². The van der Waals surface area contributed by atoms with Crippen LogP contribution in [0.3, 0.4) is 0 Å². The number of nitrogens with two attached hydrogens (primary N) is 1. The van der Waals surface area contributed by atoms with Crippen LogP contribution in [0, 0.1) is 0 Å². The lowest BCUT2D eigenvalue weighted by molar-refractivity contribution is -0.117. The Morgan fingerprint density at radius 2 is 2.33 bits per heavy atom. The van der Waals surface area contributed by atoms with Crippen molar-refractivity contribution in [3.05, 3.63) is 29.3 Å². The fraction of sp³-hybridized carbons (Fsp3) is 0.182. The molecule has 0 aromatic carbocycles. The van der Waals surface area contributed by atoms with E-state index >= 15 is 0 Å². The molecule has 0 aliphatic rings. The Kier molecular flexibility index (Phi) is 3.42. The maximum Gasteiger partial charge on any atom is 0.269 e. The molecule has 2 heterocycles. The van der Waals surface area contributed by atoms with Gasteiger partial charge in [-0.1, -0.05) is 6.07 Å². The normalized spacial score (nSPS) is 10.3. The lowest BCUT2D eigenvalue weighted by Crippen LogP contribution is -2.34. The Balaban J connectivity index is 2.19. The number of hydrogen-bond donors (Lipinski definition) is 2. The molecule has 0 aliphatic heterocycles. The van der Waals surface area contributed by atoms with Gasteiger partial charge in [0.1, 0.15) is 11.4 Å². The second-order valence-electron chi connectivity index (χ2n) is 3.66. The van der Waals surface area contributed by atoms with E-state index in [1.54, 1.807) is 24.5 Å².